The van der Waals surface area contributed by atoms with E-state index < -0.39 is 0 Å². The van der Waals surface area contributed by atoms with E-state index >= 15 is 0 Å². The van der Waals surface area contributed by atoms with Crippen LogP contribution in [-0.2, 0) is 4.74 Å². The molecule has 3 fully saturated rings. The van der Waals surface area contributed by atoms with E-state index in [0.29, 0.717) is 17.5 Å². The van der Waals surface area contributed by atoms with Crippen molar-refractivity contribution in [2.75, 3.05) is 18.0 Å². The SMILES string of the molecule is CC1CN(c2ccc(C3C(N)CC4CC(N)CC43)cc2F)CC(C)O1. The molecular weight excluding hydrogens is 317 g/mol. The molecule has 1 aromatic carbocycles. The zero-order valence-corrected chi connectivity index (χ0v) is 15.2. The van der Waals surface area contributed by atoms with Gasteiger partial charge in [0.1, 0.15) is 5.82 Å². The Morgan fingerprint density at radius 2 is 1.80 bits per heavy atom. The Bertz CT molecular complexity index is 629. The van der Waals surface area contributed by atoms with Crippen molar-refractivity contribution in [3.8, 4) is 0 Å². The molecule has 0 bridgehead atoms. The number of anilines is 1. The molecule has 1 aromatic rings. The maximum absolute atomic E-state index is 14.9. The summed E-state index contributed by atoms with van der Waals surface area (Å²) in [6, 6.07) is 6.14. The molecule has 1 aliphatic heterocycles. The summed E-state index contributed by atoms with van der Waals surface area (Å²) in [6.07, 6.45) is 3.34. The quantitative estimate of drug-likeness (QED) is 0.863. The third-order valence-electron chi connectivity index (χ3n) is 6.40. The molecular formula is C20H30FN3O. The van der Waals surface area contributed by atoms with Crippen LogP contribution in [0.15, 0.2) is 18.2 Å². The first kappa shape index (κ1) is 17.3. The molecule has 5 heteroatoms. The molecule has 7 atom stereocenters. The van der Waals surface area contributed by atoms with Gasteiger partial charge in [0, 0.05) is 31.1 Å². The Hall–Kier alpha value is -1.17. The summed E-state index contributed by atoms with van der Waals surface area (Å²) in [7, 11) is 0. The van der Waals surface area contributed by atoms with E-state index in [-0.39, 0.29) is 36.0 Å². The average molecular weight is 347 g/mol. The van der Waals surface area contributed by atoms with Crippen LogP contribution in [0.3, 0.4) is 0 Å². The van der Waals surface area contributed by atoms with Crippen LogP contribution in [0.25, 0.3) is 0 Å². The summed E-state index contributed by atoms with van der Waals surface area (Å²) < 4.78 is 20.7. The zero-order valence-electron chi connectivity index (χ0n) is 15.2. The predicted molar refractivity (Wildman–Crippen MR) is 98.1 cm³/mol. The Kier molecular flexibility index (Phi) is 4.50. The van der Waals surface area contributed by atoms with Crippen molar-refractivity contribution < 1.29 is 9.13 Å². The highest BCUT2D eigenvalue weighted by Gasteiger charge is 2.47. The Labute approximate surface area is 149 Å². The van der Waals surface area contributed by atoms with Crippen molar-refractivity contribution in [3.63, 3.8) is 0 Å². The Morgan fingerprint density at radius 3 is 2.48 bits per heavy atom. The second-order valence-corrected chi connectivity index (χ2v) is 8.45. The third-order valence-corrected chi connectivity index (χ3v) is 6.40. The van der Waals surface area contributed by atoms with Crippen LogP contribution in [0.1, 0.15) is 44.6 Å². The van der Waals surface area contributed by atoms with Crippen molar-refractivity contribution in [1.82, 2.24) is 0 Å². The lowest BCUT2D eigenvalue weighted by molar-refractivity contribution is -0.00539. The maximum atomic E-state index is 14.9. The molecule has 0 spiro atoms. The number of morpholine rings is 1. The molecule has 0 amide bonds. The molecule has 7 unspecified atom stereocenters. The number of nitrogens with two attached hydrogens (primary N) is 2. The standard InChI is InChI=1S/C20H30FN3O/c1-11-9-24(10-12(2)25-11)19-4-3-13(6-17(19)21)20-16-8-15(22)5-14(16)7-18(20)23/h3-4,6,11-12,14-16,18,20H,5,7-10,22-23H2,1-2H3. The molecule has 4 rings (SSSR count). The van der Waals surface area contributed by atoms with Gasteiger partial charge in [0.15, 0.2) is 0 Å². The second-order valence-electron chi connectivity index (χ2n) is 8.45. The lowest BCUT2D eigenvalue weighted by Crippen LogP contribution is -2.45. The van der Waals surface area contributed by atoms with Gasteiger partial charge >= 0.3 is 0 Å². The predicted octanol–water partition coefficient (Wildman–Crippen LogP) is 2.61. The molecule has 1 heterocycles. The number of ether oxygens (including phenoxy) is 1. The summed E-state index contributed by atoms with van der Waals surface area (Å²) in [5.41, 5.74) is 14.3. The fourth-order valence-electron chi connectivity index (χ4n) is 5.58. The number of nitrogens with zero attached hydrogens (tertiary/aromatic N) is 1. The second kappa shape index (κ2) is 6.53. The summed E-state index contributed by atoms with van der Waals surface area (Å²) in [5, 5.41) is 0. The molecule has 0 aromatic heterocycles. The molecule has 4 nitrogen and oxygen atoms in total. The van der Waals surface area contributed by atoms with Crippen molar-refractivity contribution >= 4 is 5.69 Å². The van der Waals surface area contributed by atoms with Crippen LogP contribution >= 0.6 is 0 Å². The molecule has 138 valence electrons. The summed E-state index contributed by atoms with van der Waals surface area (Å²) >= 11 is 0. The molecule has 1 saturated heterocycles. The zero-order chi connectivity index (χ0) is 17.7. The largest absolute Gasteiger partial charge is 0.372 e. The number of rotatable bonds is 2. The number of halogens is 1. The highest BCUT2D eigenvalue weighted by atomic mass is 19.1. The summed E-state index contributed by atoms with van der Waals surface area (Å²) in [5.74, 6) is 1.22. The smallest absolute Gasteiger partial charge is 0.146 e. The molecule has 2 aliphatic carbocycles. The number of hydrogen-bond acceptors (Lipinski definition) is 4. The number of benzene rings is 1. The van der Waals surface area contributed by atoms with E-state index in [0.717, 1.165) is 37.9 Å². The lowest BCUT2D eigenvalue weighted by Gasteiger charge is -2.37. The van der Waals surface area contributed by atoms with Gasteiger partial charge < -0.3 is 21.1 Å². The maximum Gasteiger partial charge on any atom is 0.146 e. The van der Waals surface area contributed by atoms with Crippen LogP contribution in [-0.4, -0.2) is 37.4 Å². The first-order valence-electron chi connectivity index (χ1n) is 9.63. The molecule has 25 heavy (non-hydrogen) atoms. The van der Waals surface area contributed by atoms with E-state index in [2.05, 4.69) is 11.0 Å². The third kappa shape index (κ3) is 3.18. The minimum Gasteiger partial charge on any atom is -0.372 e. The van der Waals surface area contributed by atoms with Gasteiger partial charge in [-0.25, -0.2) is 4.39 Å². The minimum absolute atomic E-state index is 0.117. The van der Waals surface area contributed by atoms with Gasteiger partial charge in [-0.3, -0.25) is 0 Å². The normalized spacial score (nSPS) is 41.2. The van der Waals surface area contributed by atoms with Gasteiger partial charge in [0.25, 0.3) is 0 Å². The van der Waals surface area contributed by atoms with E-state index in [1.165, 1.54) is 0 Å². The van der Waals surface area contributed by atoms with Crippen LogP contribution < -0.4 is 16.4 Å². The fourth-order valence-corrected chi connectivity index (χ4v) is 5.58. The van der Waals surface area contributed by atoms with E-state index in [9.17, 15) is 4.39 Å². The van der Waals surface area contributed by atoms with Crippen molar-refractivity contribution in [1.29, 1.82) is 0 Å². The van der Waals surface area contributed by atoms with Crippen molar-refractivity contribution in [3.05, 3.63) is 29.6 Å². The van der Waals surface area contributed by atoms with Crippen LogP contribution in [0.4, 0.5) is 10.1 Å². The first-order chi connectivity index (χ1) is 11.9. The average Bonchev–Trinajstić information content (AvgIpc) is 3.00. The minimum atomic E-state index is -0.142. The highest BCUT2D eigenvalue weighted by Crippen LogP contribution is 2.51. The number of hydrogen-bond donors (Lipinski definition) is 2. The van der Waals surface area contributed by atoms with E-state index in [4.69, 9.17) is 16.2 Å². The van der Waals surface area contributed by atoms with Crippen LogP contribution in [0.2, 0.25) is 0 Å². The van der Waals surface area contributed by atoms with Crippen LogP contribution in [0, 0.1) is 17.7 Å². The molecule has 2 saturated carbocycles. The Balaban J connectivity index is 1.57. The van der Waals surface area contributed by atoms with E-state index in [1.54, 1.807) is 6.07 Å². The summed E-state index contributed by atoms with van der Waals surface area (Å²) in [6.45, 7) is 5.53. The Morgan fingerprint density at radius 1 is 1.08 bits per heavy atom. The van der Waals surface area contributed by atoms with Gasteiger partial charge in [-0.2, -0.15) is 0 Å². The van der Waals surface area contributed by atoms with Gasteiger partial charge in [0.05, 0.1) is 17.9 Å². The molecule has 3 aliphatic rings. The topological polar surface area (TPSA) is 64.5 Å². The molecule has 4 N–H and O–H groups in total. The van der Waals surface area contributed by atoms with Gasteiger partial charge in [-0.05, 0) is 62.6 Å². The molecule has 0 radical (unpaired) electrons. The van der Waals surface area contributed by atoms with Crippen molar-refractivity contribution in [2.24, 2.45) is 23.3 Å². The van der Waals surface area contributed by atoms with Gasteiger partial charge in [-0.1, -0.05) is 6.07 Å². The lowest BCUT2D eigenvalue weighted by atomic mass is 9.84. The highest BCUT2D eigenvalue weighted by molar-refractivity contribution is 5.50. The van der Waals surface area contributed by atoms with Gasteiger partial charge in [0.2, 0.25) is 0 Å². The number of fused-ring (bicyclic) bond motifs is 1. The van der Waals surface area contributed by atoms with Crippen LogP contribution in [0.5, 0.6) is 0 Å². The monoisotopic (exact) mass is 347 g/mol. The van der Waals surface area contributed by atoms with Crippen molar-refractivity contribution in [2.45, 2.75) is 63.3 Å². The van der Waals surface area contributed by atoms with E-state index in [1.807, 2.05) is 19.9 Å². The fraction of sp³-hybridized carbons (Fsp3) is 0.700. The van der Waals surface area contributed by atoms with Gasteiger partial charge in [-0.15, -0.1) is 0 Å². The summed E-state index contributed by atoms with van der Waals surface area (Å²) in [4.78, 5) is 2.10. The first-order valence-corrected chi connectivity index (χ1v) is 9.63.